The van der Waals surface area contributed by atoms with Crippen molar-refractivity contribution in [3.63, 3.8) is 0 Å². The first-order chi connectivity index (χ1) is 10.9. The fraction of sp³-hybridized carbons (Fsp3) is 0.211. The number of hydrogen-bond donors (Lipinski definition) is 0. The maximum Gasteiger partial charge on any atom is 0.171 e. The molecule has 110 valence electrons. The summed E-state index contributed by atoms with van der Waals surface area (Å²) in [6.07, 6.45) is 3.82. The number of nitrogens with zero attached hydrogens (tertiary/aromatic N) is 1. The van der Waals surface area contributed by atoms with Crippen LogP contribution in [-0.4, -0.2) is 17.7 Å². The Hall–Kier alpha value is -2.55. The molecule has 1 aromatic heterocycles. The van der Waals surface area contributed by atoms with Crippen molar-refractivity contribution >= 4 is 10.9 Å². The van der Waals surface area contributed by atoms with Crippen molar-refractivity contribution in [1.29, 1.82) is 0 Å². The molecule has 0 bridgehead atoms. The maximum atomic E-state index is 6.20. The van der Waals surface area contributed by atoms with Crippen LogP contribution in [0.3, 0.4) is 0 Å². The quantitative estimate of drug-likeness (QED) is 0.730. The zero-order chi connectivity index (χ0) is 14.8. The van der Waals surface area contributed by atoms with E-state index in [2.05, 4.69) is 29.2 Å². The molecule has 0 fully saturated rings. The van der Waals surface area contributed by atoms with E-state index in [1.54, 1.807) is 6.20 Å². The van der Waals surface area contributed by atoms with Crippen molar-refractivity contribution in [3.8, 4) is 11.5 Å². The third-order valence-electron chi connectivity index (χ3n) is 4.01. The molecule has 22 heavy (non-hydrogen) atoms. The van der Waals surface area contributed by atoms with Gasteiger partial charge in [-0.15, -0.1) is 0 Å². The van der Waals surface area contributed by atoms with Gasteiger partial charge in [-0.2, -0.15) is 0 Å². The summed E-state index contributed by atoms with van der Waals surface area (Å²) in [5, 5.41) is 1.02. The van der Waals surface area contributed by atoms with Crippen molar-refractivity contribution in [2.24, 2.45) is 0 Å². The van der Waals surface area contributed by atoms with Gasteiger partial charge >= 0.3 is 0 Å². The minimum absolute atomic E-state index is 0.0820. The Bertz CT molecular complexity index is 786. The molecule has 1 aliphatic rings. The van der Waals surface area contributed by atoms with Crippen LogP contribution >= 0.6 is 0 Å². The van der Waals surface area contributed by atoms with Gasteiger partial charge in [-0.1, -0.05) is 30.3 Å². The lowest BCUT2D eigenvalue weighted by Crippen LogP contribution is -2.29. The van der Waals surface area contributed by atoms with Crippen LogP contribution in [0.2, 0.25) is 0 Å². The first kappa shape index (κ1) is 13.1. The first-order valence-electron chi connectivity index (χ1n) is 7.61. The summed E-state index contributed by atoms with van der Waals surface area (Å²) >= 11 is 0. The fourth-order valence-corrected chi connectivity index (χ4v) is 2.84. The third kappa shape index (κ3) is 2.50. The van der Waals surface area contributed by atoms with Crippen molar-refractivity contribution in [3.05, 3.63) is 66.4 Å². The molecule has 0 N–H and O–H groups in total. The molecule has 3 aromatic rings. The zero-order valence-corrected chi connectivity index (χ0v) is 12.2. The number of aryl methyl sites for hydroxylation is 1. The fourth-order valence-electron chi connectivity index (χ4n) is 2.84. The van der Waals surface area contributed by atoms with Gasteiger partial charge in [-0.3, -0.25) is 4.98 Å². The minimum Gasteiger partial charge on any atom is -0.486 e. The normalized spacial score (nSPS) is 16.6. The third-order valence-corrected chi connectivity index (χ3v) is 4.01. The average molecular weight is 291 g/mol. The van der Waals surface area contributed by atoms with Gasteiger partial charge in [0.25, 0.3) is 0 Å². The molecule has 0 saturated carbocycles. The van der Waals surface area contributed by atoms with Gasteiger partial charge in [0.2, 0.25) is 0 Å². The summed E-state index contributed by atoms with van der Waals surface area (Å²) in [6, 6.07) is 18.4. The van der Waals surface area contributed by atoms with E-state index in [0.717, 1.165) is 35.2 Å². The van der Waals surface area contributed by atoms with Crippen LogP contribution < -0.4 is 9.47 Å². The predicted molar refractivity (Wildman–Crippen MR) is 86.4 cm³/mol. The Labute approximate surface area is 129 Å². The van der Waals surface area contributed by atoms with Crippen molar-refractivity contribution in [1.82, 2.24) is 4.98 Å². The average Bonchev–Trinajstić information content (AvgIpc) is 2.60. The molecular formula is C19H17NO2. The van der Waals surface area contributed by atoms with Crippen LogP contribution in [0.4, 0.5) is 0 Å². The van der Waals surface area contributed by atoms with E-state index in [-0.39, 0.29) is 6.10 Å². The molecule has 0 unspecified atom stereocenters. The highest BCUT2D eigenvalue weighted by molar-refractivity contribution is 5.87. The summed E-state index contributed by atoms with van der Waals surface area (Å²) in [4.78, 5) is 4.37. The molecular weight excluding hydrogens is 274 g/mol. The van der Waals surface area contributed by atoms with E-state index in [0.29, 0.717) is 6.61 Å². The monoisotopic (exact) mass is 291 g/mol. The standard InChI is InChI=1S/C19H17NO2/c1-2-5-14(6-3-1)8-9-15-13-21-18-11-10-17-16(19(18)22-15)7-4-12-20-17/h1-7,10-12,15H,8-9,13H2/t15-/m1/s1. The Morgan fingerprint density at radius 2 is 1.91 bits per heavy atom. The number of ether oxygens (including phenoxy) is 2. The number of hydrogen-bond acceptors (Lipinski definition) is 3. The van der Waals surface area contributed by atoms with Crippen LogP contribution in [0.5, 0.6) is 11.5 Å². The molecule has 4 rings (SSSR count). The summed E-state index contributed by atoms with van der Waals surface area (Å²) in [6.45, 7) is 0.603. The summed E-state index contributed by atoms with van der Waals surface area (Å²) in [5.41, 5.74) is 2.27. The van der Waals surface area contributed by atoms with E-state index >= 15 is 0 Å². The van der Waals surface area contributed by atoms with Gasteiger partial charge in [-0.25, -0.2) is 0 Å². The van der Waals surface area contributed by atoms with Crippen LogP contribution in [0.25, 0.3) is 10.9 Å². The topological polar surface area (TPSA) is 31.4 Å². The molecule has 3 heteroatoms. The second-order valence-electron chi connectivity index (χ2n) is 5.54. The largest absolute Gasteiger partial charge is 0.486 e. The number of rotatable bonds is 3. The Morgan fingerprint density at radius 1 is 1.00 bits per heavy atom. The number of pyridine rings is 1. The van der Waals surface area contributed by atoms with Gasteiger partial charge in [0.15, 0.2) is 11.5 Å². The molecule has 0 aliphatic carbocycles. The smallest absolute Gasteiger partial charge is 0.171 e. The van der Waals surface area contributed by atoms with Gasteiger partial charge in [0, 0.05) is 11.6 Å². The summed E-state index contributed by atoms with van der Waals surface area (Å²) in [5.74, 6) is 1.64. The molecule has 0 spiro atoms. The SMILES string of the molecule is c1ccc(CC[C@@H]2COc3ccc4ncccc4c3O2)cc1. The van der Waals surface area contributed by atoms with Gasteiger partial charge < -0.3 is 9.47 Å². The van der Waals surface area contributed by atoms with Crippen molar-refractivity contribution < 1.29 is 9.47 Å². The van der Waals surface area contributed by atoms with E-state index < -0.39 is 0 Å². The zero-order valence-electron chi connectivity index (χ0n) is 12.2. The van der Waals surface area contributed by atoms with Crippen LogP contribution in [0.15, 0.2) is 60.8 Å². The highest BCUT2D eigenvalue weighted by Crippen LogP contribution is 2.38. The molecule has 1 atom stereocenters. The van der Waals surface area contributed by atoms with Gasteiger partial charge in [0.05, 0.1) is 5.52 Å². The van der Waals surface area contributed by atoms with Crippen molar-refractivity contribution in [2.75, 3.05) is 6.61 Å². The second-order valence-corrected chi connectivity index (χ2v) is 5.54. The lowest BCUT2D eigenvalue weighted by Gasteiger charge is -2.27. The highest BCUT2D eigenvalue weighted by atomic mass is 16.6. The predicted octanol–water partition coefficient (Wildman–Crippen LogP) is 4.01. The lowest BCUT2D eigenvalue weighted by atomic mass is 10.1. The van der Waals surface area contributed by atoms with E-state index in [1.165, 1.54) is 5.56 Å². The van der Waals surface area contributed by atoms with Gasteiger partial charge in [-0.05, 0) is 42.7 Å². The van der Waals surface area contributed by atoms with Gasteiger partial charge in [0.1, 0.15) is 12.7 Å². The lowest BCUT2D eigenvalue weighted by molar-refractivity contribution is 0.0871. The number of aromatic nitrogens is 1. The second kappa shape index (κ2) is 5.68. The van der Waals surface area contributed by atoms with E-state index in [9.17, 15) is 0 Å². The number of benzene rings is 2. The van der Waals surface area contributed by atoms with E-state index in [4.69, 9.17) is 9.47 Å². The molecule has 1 aliphatic heterocycles. The highest BCUT2D eigenvalue weighted by Gasteiger charge is 2.23. The number of fused-ring (bicyclic) bond motifs is 3. The Morgan fingerprint density at radius 3 is 2.82 bits per heavy atom. The molecule has 3 nitrogen and oxygen atoms in total. The Balaban J connectivity index is 1.54. The van der Waals surface area contributed by atoms with E-state index in [1.807, 2.05) is 30.3 Å². The van der Waals surface area contributed by atoms with Crippen LogP contribution in [0.1, 0.15) is 12.0 Å². The molecule has 0 radical (unpaired) electrons. The van der Waals surface area contributed by atoms with Crippen LogP contribution in [-0.2, 0) is 6.42 Å². The summed E-state index contributed by atoms with van der Waals surface area (Å²) < 4.78 is 12.1. The van der Waals surface area contributed by atoms with Crippen molar-refractivity contribution in [2.45, 2.75) is 18.9 Å². The first-order valence-corrected chi connectivity index (χ1v) is 7.61. The molecule has 0 amide bonds. The summed E-state index contributed by atoms with van der Waals surface area (Å²) in [7, 11) is 0. The van der Waals surface area contributed by atoms with Crippen LogP contribution in [0, 0.1) is 0 Å². The molecule has 0 saturated heterocycles. The Kier molecular flexibility index (Phi) is 3.39. The minimum atomic E-state index is 0.0820. The molecule has 2 aromatic carbocycles. The molecule has 2 heterocycles. The maximum absolute atomic E-state index is 6.20.